The minimum absolute atomic E-state index is 0.0542. The summed E-state index contributed by atoms with van der Waals surface area (Å²) in [7, 11) is -1.90. The van der Waals surface area contributed by atoms with Crippen molar-refractivity contribution in [1.82, 2.24) is 0 Å². The van der Waals surface area contributed by atoms with E-state index in [9.17, 15) is 4.79 Å². The lowest BCUT2D eigenvalue weighted by Gasteiger charge is -2.40. The van der Waals surface area contributed by atoms with Gasteiger partial charge in [0.05, 0.1) is 12.2 Å². The van der Waals surface area contributed by atoms with Gasteiger partial charge in [0.15, 0.2) is 14.1 Å². The maximum Gasteiger partial charge on any atom is 0.331 e. The molecule has 154 valence electrons. The number of rotatable bonds is 6. The lowest BCUT2D eigenvalue weighted by molar-refractivity contribution is -0.153. The average Bonchev–Trinajstić information content (AvgIpc) is 2.81. The van der Waals surface area contributed by atoms with Crippen LogP contribution in [0, 0.1) is 0 Å². The summed E-state index contributed by atoms with van der Waals surface area (Å²) >= 11 is 0. The first kappa shape index (κ1) is 22.3. The topological polar surface area (TPSA) is 54.0 Å². The van der Waals surface area contributed by atoms with Crippen LogP contribution in [0.15, 0.2) is 24.3 Å². The summed E-state index contributed by atoms with van der Waals surface area (Å²) in [6.45, 7) is 17.2. The summed E-state index contributed by atoms with van der Waals surface area (Å²) in [6.07, 6.45) is 8.21. The van der Waals surface area contributed by atoms with E-state index in [-0.39, 0.29) is 35.4 Å². The van der Waals surface area contributed by atoms with Gasteiger partial charge in [0.2, 0.25) is 0 Å². The molecule has 4 atom stereocenters. The van der Waals surface area contributed by atoms with Gasteiger partial charge in [0.25, 0.3) is 0 Å². The molecule has 1 saturated heterocycles. The number of hydrogen-bond acceptors (Lipinski definition) is 5. The standard InChI is InChI=1S/C21H36O5Si/c1-15(26-27(7,8)20(2,3)4)19-17(24-21(5,6)25-19)13-9-11-16-12-10-14-18(22)23-16/h9-11,14-17,19H,12-13H2,1-8H3/b11-9+/t15-,16+,17-,19-/m1/s1. The summed E-state index contributed by atoms with van der Waals surface area (Å²) in [5.74, 6) is -0.916. The van der Waals surface area contributed by atoms with Crippen molar-refractivity contribution < 1.29 is 23.4 Å². The molecule has 0 aromatic heterocycles. The number of carbonyl (C=O) groups is 1. The quantitative estimate of drug-likeness (QED) is 0.369. The molecule has 5 nitrogen and oxygen atoms in total. The molecule has 2 aliphatic heterocycles. The average molecular weight is 397 g/mol. The van der Waals surface area contributed by atoms with E-state index in [1.165, 1.54) is 6.08 Å². The number of carbonyl (C=O) groups excluding carboxylic acids is 1. The Labute approximate surface area is 165 Å². The molecule has 0 bridgehead atoms. The molecule has 27 heavy (non-hydrogen) atoms. The van der Waals surface area contributed by atoms with Gasteiger partial charge < -0.3 is 18.6 Å². The van der Waals surface area contributed by atoms with Gasteiger partial charge in [-0.05, 0) is 51.4 Å². The van der Waals surface area contributed by atoms with E-state index in [4.69, 9.17) is 18.6 Å². The molecule has 0 unspecified atom stereocenters. The highest BCUT2D eigenvalue weighted by molar-refractivity contribution is 6.74. The van der Waals surface area contributed by atoms with Gasteiger partial charge in [0, 0.05) is 12.5 Å². The molecule has 2 aliphatic rings. The third-order valence-corrected chi connectivity index (χ3v) is 10.2. The highest BCUT2D eigenvalue weighted by atomic mass is 28.4. The SMILES string of the molecule is C[C@@H](O[Si](C)(C)C(C)(C)C)[C@H]1OC(C)(C)O[C@@H]1C/C=C/[C@H]1CC=CC(=O)O1. The maximum atomic E-state index is 11.3. The third-order valence-electron chi connectivity index (χ3n) is 5.58. The van der Waals surface area contributed by atoms with Crippen LogP contribution in [0.3, 0.4) is 0 Å². The van der Waals surface area contributed by atoms with E-state index in [1.807, 2.05) is 32.1 Å². The fourth-order valence-corrected chi connectivity index (χ4v) is 4.59. The van der Waals surface area contributed by atoms with E-state index < -0.39 is 14.1 Å². The first-order chi connectivity index (χ1) is 12.3. The first-order valence-corrected chi connectivity index (χ1v) is 12.8. The summed E-state index contributed by atoms with van der Waals surface area (Å²) in [4.78, 5) is 11.3. The smallest absolute Gasteiger partial charge is 0.331 e. The normalized spacial score (nSPS) is 29.9. The Morgan fingerprint density at radius 1 is 1.33 bits per heavy atom. The number of ether oxygens (including phenoxy) is 3. The van der Waals surface area contributed by atoms with Crippen LogP contribution >= 0.6 is 0 Å². The van der Waals surface area contributed by atoms with Gasteiger partial charge in [-0.15, -0.1) is 0 Å². The van der Waals surface area contributed by atoms with Gasteiger partial charge in [-0.2, -0.15) is 0 Å². The fraction of sp³-hybridized carbons (Fsp3) is 0.762. The second kappa shape index (κ2) is 8.19. The molecule has 0 aromatic carbocycles. The van der Waals surface area contributed by atoms with Gasteiger partial charge in [0.1, 0.15) is 12.2 Å². The van der Waals surface area contributed by atoms with E-state index in [2.05, 4.69) is 40.8 Å². The lowest BCUT2D eigenvalue weighted by Crippen LogP contribution is -2.48. The van der Waals surface area contributed by atoms with Crippen LogP contribution in [0.25, 0.3) is 0 Å². The molecule has 6 heteroatoms. The molecule has 0 N–H and O–H groups in total. The van der Waals surface area contributed by atoms with E-state index in [0.717, 1.165) is 0 Å². The third kappa shape index (κ3) is 6.01. The van der Waals surface area contributed by atoms with Crippen LogP contribution in [0.1, 0.15) is 54.4 Å². The van der Waals surface area contributed by atoms with Gasteiger partial charge >= 0.3 is 5.97 Å². The Morgan fingerprint density at radius 3 is 2.59 bits per heavy atom. The highest BCUT2D eigenvalue weighted by Gasteiger charge is 2.47. The van der Waals surface area contributed by atoms with Crippen molar-refractivity contribution in [2.75, 3.05) is 0 Å². The molecule has 0 amide bonds. The monoisotopic (exact) mass is 396 g/mol. The van der Waals surface area contributed by atoms with Crippen molar-refractivity contribution in [2.24, 2.45) is 0 Å². The fourth-order valence-electron chi connectivity index (χ4n) is 3.17. The number of esters is 1. The predicted octanol–water partition coefficient (Wildman–Crippen LogP) is 4.73. The van der Waals surface area contributed by atoms with Crippen LogP contribution in [0.5, 0.6) is 0 Å². The lowest BCUT2D eigenvalue weighted by atomic mass is 10.1. The van der Waals surface area contributed by atoms with Crippen LogP contribution in [0.2, 0.25) is 18.1 Å². The zero-order chi connectivity index (χ0) is 20.5. The molecule has 2 heterocycles. The molecule has 1 fully saturated rings. The molecule has 2 rings (SSSR count). The Bertz CT molecular complexity index is 588. The summed E-state index contributed by atoms with van der Waals surface area (Å²) < 4.78 is 24.1. The van der Waals surface area contributed by atoms with E-state index in [0.29, 0.717) is 12.8 Å². The summed E-state index contributed by atoms with van der Waals surface area (Å²) in [5, 5.41) is 0.143. The molecular weight excluding hydrogens is 360 g/mol. The highest BCUT2D eigenvalue weighted by Crippen LogP contribution is 2.40. The first-order valence-electron chi connectivity index (χ1n) is 9.88. The van der Waals surface area contributed by atoms with Crippen molar-refractivity contribution >= 4 is 14.3 Å². The largest absolute Gasteiger partial charge is 0.455 e. The zero-order valence-electron chi connectivity index (χ0n) is 18.1. The van der Waals surface area contributed by atoms with Crippen molar-refractivity contribution in [2.45, 2.75) is 103 Å². The minimum Gasteiger partial charge on any atom is -0.455 e. The predicted molar refractivity (Wildman–Crippen MR) is 109 cm³/mol. The van der Waals surface area contributed by atoms with Crippen LogP contribution in [0.4, 0.5) is 0 Å². The molecule has 0 saturated carbocycles. The Morgan fingerprint density at radius 2 is 2.00 bits per heavy atom. The van der Waals surface area contributed by atoms with Gasteiger partial charge in [-0.3, -0.25) is 0 Å². The number of cyclic esters (lactones) is 1. The summed E-state index contributed by atoms with van der Waals surface area (Å²) in [6, 6.07) is 0. The van der Waals surface area contributed by atoms with Crippen molar-refractivity contribution in [3.8, 4) is 0 Å². The minimum atomic E-state index is -1.90. The molecule has 0 spiro atoms. The second-order valence-corrected chi connectivity index (χ2v) is 14.3. The molecule has 0 radical (unpaired) electrons. The zero-order valence-corrected chi connectivity index (χ0v) is 19.1. The Hall–Kier alpha value is -0.953. The maximum absolute atomic E-state index is 11.3. The van der Waals surface area contributed by atoms with Crippen molar-refractivity contribution in [1.29, 1.82) is 0 Å². The van der Waals surface area contributed by atoms with Gasteiger partial charge in [-0.25, -0.2) is 4.79 Å². The Balaban J connectivity index is 2.01. The van der Waals surface area contributed by atoms with Crippen LogP contribution in [-0.4, -0.2) is 44.5 Å². The van der Waals surface area contributed by atoms with Crippen LogP contribution in [-0.2, 0) is 23.4 Å². The van der Waals surface area contributed by atoms with Crippen LogP contribution < -0.4 is 0 Å². The summed E-state index contributed by atoms with van der Waals surface area (Å²) in [5.41, 5.74) is 0. The molecular formula is C21H36O5Si. The molecule has 0 aromatic rings. The van der Waals surface area contributed by atoms with Crippen molar-refractivity contribution in [3.63, 3.8) is 0 Å². The van der Waals surface area contributed by atoms with E-state index >= 15 is 0 Å². The molecule has 0 aliphatic carbocycles. The van der Waals surface area contributed by atoms with E-state index in [1.54, 1.807) is 0 Å². The van der Waals surface area contributed by atoms with Crippen molar-refractivity contribution in [3.05, 3.63) is 24.3 Å². The van der Waals surface area contributed by atoms with Gasteiger partial charge in [-0.1, -0.05) is 32.9 Å². The Kier molecular flexibility index (Phi) is 6.78. The number of hydrogen-bond donors (Lipinski definition) is 0. The second-order valence-electron chi connectivity index (χ2n) is 9.50.